The second-order valence-electron chi connectivity index (χ2n) is 13.4. The second-order valence-corrected chi connectivity index (χ2v) is 13.4. The van der Waals surface area contributed by atoms with Crippen molar-refractivity contribution in [3.8, 4) is 5.75 Å². The molecule has 0 aromatic heterocycles. The van der Waals surface area contributed by atoms with Crippen LogP contribution >= 0.6 is 0 Å². The van der Waals surface area contributed by atoms with Gasteiger partial charge in [-0.25, -0.2) is 0 Å². The average molecular weight is 499 g/mol. The third-order valence-electron chi connectivity index (χ3n) is 8.56. The molecule has 3 aliphatic rings. The molecule has 36 heavy (non-hydrogen) atoms. The van der Waals surface area contributed by atoms with E-state index in [1.807, 2.05) is 59.7 Å². The molecule has 1 aromatic rings. The van der Waals surface area contributed by atoms with Gasteiger partial charge in [-0.3, -0.25) is 14.4 Å². The minimum Gasteiger partial charge on any atom is -0.461 e. The number of hydrogen-bond donors (Lipinski definition) is 0. The van der Waals surface area contributed by atoms with Gasteiger partial charge in [0.1, 0.15) is 18.0 Å². The van der Waals surface area contributed by atoms with E-state index in [0.29, 0.717) is 24.0 Å². The van der Waals surface area contributed by atoms with Crippen LogP contribution in [0.25, 0.3) is 0 Å². The van der Waals surface area contributed by atoms with Crippen molar-refractivity contribution in [2.24, 2.45) is 28.1 Å². The molecule has 0 aliphatic heterocycles. The molecule has 0 N–H and O–H groups in total. The smallest absolute Gasteiger partial charge is 0.311 e. The summed E-state index contributed by atoms with van der Waals surface area (Å²) in [5.41, 5.74) is 0.879. The Bertz CT molecular complexity index is 1040. The SMILES string of the molecule is CC(=O)Oc1ccc2c(c1)[C@@H]1[C@@H](CC2)[C@@H]2CC[C@H](OC(=O)C(C)(C)C)[C@@]2(C)C[C@H]1OC(=O)C(C)(C)C. The van der Waals surface area contributed by atoms with Gasteiger partial charge in [0, 0.05) is 18.3 Å². The lowest BCUT2D eigenvalue weighted by molar-refractivity contribution is -0.180. The van der Waals surface area contributed by atoms with E-state index in [-0.39, 0.29) is 41.4 Å². The van der Waals surface area contributed by atoms with E-state index in [4.69, 9.17) is 14.2 Å². The molecule has 198 valence electrons. The van der Waals surface area contributed by atoms with Gasteiger partial charge >= 0.3 is 17.9 Å². The van der Waals surface area contributed by atoms with Crippen molar-refractivity contribution < 1.29 is 28.6 Å². The van der Waals surface area contributed by atoms with Gasteiger partial charge in [-0.05, 0) is 109 Å². The largest absolute Gasteiger partial charge is 0.461 e. The summed E-state index contributed by atoms with van der Waals surface area (Å²) in [6.07, 6.45) is 3.83. The highest BCUT2D eigenvalue weighted by molar-refractivity contribution is 5.76. The number of hydrogen-bond acceptors (Lipinski definition) is 6. The van der Waals surface area contributed by atoms with Crippen molar-refractivity contribution in [1.29, 1.82) is 0 Å². The van der Waals surface area contributed by atoms with Crippen LogP contribution in [0.5, 0.6) is 5.75 Å². The van der Waals surface area contributed by atoms with Gasteiger partial charge in [0.25, 0.3) is 0 Å². The minimum absolute atomic E-state index is 0.0192. The molecule has 0 unspecified atom stereocenters. The van der Waals surface area contributed by atoms with Gasteiger partial charge < -0.3 is 14.2 Å². The minimum atomic E-state index is -0.627. The molecule has 1 aromatic carbocycles. The van der Waals surface area contributed by atoms with Gasteiger partial charge in [-0.2, -0.15) is 0 Å². The highest BCUT2D eigenvalue weighted by Gasteiger charge is 2.60. The molecule has 0 heterocycles. The highest BCUT2D eigenvalue weighted by atomic mass is 16.6. The maximum atomic E-state index is 13.1. The maximum absolute atomic E-state index is 13.1. The fraction of sp³-hybridized carbons (Fsp3) is 0.700. The Morgan fingerprint density at radius 1 is 0.917 bits per heavy atom. The molecule has 4 rings (SSSR count). The monoisotopic (exact) mass is 498 g/mol. The lowest BCUT2D eigenvalue weighted by atomic mass is 9.54. The summed E-state index contributed by atoms with van der Waals surface area (Å²) >= 11 is 0. The zero-order valence-electron chi connectivity index (χ0n) is 23.1. The number of fused-ring (bicyclic) bond motifs is 5. The number of rotatable bonds is 3. The number of esters is 3. The molecular weight excluding hydrogens is 456 g/mol. The second kappa shape index (κ2) is 9.18. The molecule has 6 heteroatoms. The molecule has 0 bridgehead atoms. The lowest BCUT2D eigenvalue weighted by Crippen LogP contribution is -2.52. The first-order valence-corrected chi connectivity index (χ1v) is 13.3. The van der Waals surface area contributed by atoms with Crippen LogP contribution < -0.4 is 4.74 Å². The third-order valence-corrected chi connectivity index (χ3v) is 8.56. The lowest BCUT2D eigenvalue weighted by Gasteiger charge is -2.53. The van der Waals surface area contributed by atoms with E-state index >= 15 is 0 Å². The van der Waals surface area contributed by atoms with E-state index in [2.05, 4.69) is 6.92 Å². The molecule has 0 spiro atoms. The van der Waals surface area contributed by atoms with Crippen LogP contribution in [0.4, 0.5) is 0 Å². The molecule has 6 nitrogen and oxygen atoms in total. The first kappa shape index (κ1) is 26.7. The highest BCUT2D eigenvalue weighted by Crippen LogP contribution is 2.62. The standard InChI is InChI=1S/C30H42O6/c1-17(31)34-19-11-9-18-10-12-20-22-13-14-24(36-27(33)29(5,6)7)30(22,8)16-23(25(20)21(18)15-19)35-26(32)28(2,3)4/h9,11,15,20,22-25H,10,12-14,16H2,1-8H3/t20-,22-,23+,24-,25-,30-/m0/s1. The molecule has 2 saturated carbocycles. The van der Waals surface area contributed by atoms with Gasteiger partial charge in [0.15, 0.2) is 0 Å². The molecule has 0 saturated heterocycles. The quantitative estimate of drug-likeness (QED) is 0.376. The molecular formula is C30H42O6. The summed E-state index contributed by atoms with van der Waals surface area (Å²) in [5, 5.41) is 0. The van der Waals surface area contributed by atoms with Crippen molar-refractivity contribution >= 4 is 17.9 Å². The van der Waals surface area contributed by atoms with E-state index in [0.717, 1.165) is 31.2 Å². The summed E-state index contributed by atoms with van der Waals surface area (Å²) < 4.78 is 17.9. The van der Waals surface area contributed by atoms with Crippen LogP contribution in [0.2, 0.25) is 0 Å². The van der Waals surface area contributed by atoms with Crippen LogP contribution in [0.15, 0.2) is 18.2 Å². The first-order valence-electron chi connectivity index (χ1n) is 13.3. The molecule has 0 amide bonds. The fourth-order valence-electron chi connectivity index (χ4n) is 6.70. The van der Waals surface area contributed by atoms with Gasteiger partial charge in [-0.1, -0.05) is 13.0 Å². The Labute approximate surface area is 215 Å². The molecule has 6 atom stereocenters. The Hall–Kier alpha value is -2.37. The van der Waals surface area contributed by atoms with E-state index in [1.165, 1.54) is 12.5 Å². The predicted octanol–water partition coefficient (Wildman–Crippen LogP) is 5.99. The predicted molar refractivity (Wildman–Crippen MR) is 136 cm³/mol. The Morgan fingerprint density at radius 2 is 1.56 bits per heavy atom. The van der Waals surface area contributed by atoms with Crippen LogP contribution in [0.3, 0.4) is 0 Å². The van der Waals surface area contributed by atoms with Crippen molar-refractivity contribution in [3.05, 3.63) is 29.3 Å². The molecule has 3 aliphatic carbocycles. The van der Waals surface area contributed by atoms with Crippen molar-refractivity contribution in [2.45, 2.75) is 106 Å². The summed E-state index contributed by atoms with van der Waals surface area (Å²) in [4.78, 5) is 37.6. The topological polar surface area (TPSA) is 78.9 Å². The van der Waals surface area contributed by atoms with Crippen LogP contribution in [0, 0.1) is 28.1 Å². The van der Waals surface area contributed by atoms with E-state index in [1.54, 1.807) is 0 Å². The van der Waals surface area contributed by atoms with Crippen LogP contribution in [-0.4, -0.2) is 30.1 Å². The zero-order chi connectivity index (χ0) is 26.6. The van der Waals surface area contributed by atoms with Crippen molar-refractivity contribution in [3.63, 3.8) is 0 Å². The molecule has 2 fully saturated rings. The first-order chi connectivity index (χ1) is 16.6. The normalized spacial score (nSPS) is 31.5. The van der Waals surface area contributed by atoms with Gasteiger partial charge in [0.05, 0.1) is 10.8 Å². The number of carbonyl (C=O) groups is 3. The third kappa shape index (κ3) is 4.92. The number of carbonyl (C=O) groups excluding carboxylic acids is 3. The van der Waals surface area contributed by atoms with E-state index < -0.39 is 10.8 Å². The Kier molecular flexibility index (Phi) is 6.81. The van der Waals surface area contributed by atoms with Gasteiger partial charge in [-0.15, -0.1) is 0 Å². The fourth-order valence-corrected chi connectivity index (χ4v) is 6.70. The summed E-state index contributed by atoms with van der Waals surface area (Å²) in [6.45, 7) is 14.9. The Balaban J connectivity index is 1.73. The number of ether oxygens (including phenoxy) is 3. The average Bonchev–Trinajstić information content (AvgIpc) is 3.07. The summed E-state index contributed by atoms with van der Waals surface area (Å²) in [5.74, 6) is 0.437. The van der Waals surface area contributed by atoms with Gasteiger partial charge in [0.2, 0.25) is 0 Å². The van der Waals surface area contributed by atoms with E-state index in [9.17, 15) is 14.4 Å². The van der Waals surface area contributed by atoms with Crippen LogP contribution in [-0.2, 0) is 30.3 Å². The number of aryl methyl sites for hydroxylation is 1. The summed E-state index contributed by atoms with van der Waals surface area (Å²) in [7, 11) is 0. The number of benzene rings is 1. The Morgan fingerprint density at radius 3 is 2.17 bits per heavy atom. The zero-order valence-corrected chi connectivity index (χ0v) is 23.1. The summed E-state index contributed by atoms with van der Waals surface area (Å²) in [6, 6.07) is 5.87. The van der Waals surface area contributed by atoms with Crippen molar-refractivity contribution in [1.82, 2.24) is 0 Å². The van der Waals surface area contributed by atoms with Crippen LogP contribution in [0.1, 0.15) is 98.1 Å². The molecule has 0 radical (unpaired) electrons. The maximum Gasteiger partial charge on any atom is 0.311 e. The van der Waals surface area contributed by atoms with Crippen molar-refractivity contribution in [2.75, 3.05) is 0 Å².